The van der Waals surface area contributed by atoms with E-state index in [1.54, 1.807) is 19.1 Å². The molecular weight excluding hydrogens is 468 g/mol. The first kappa shape index (κ1) is 25.1. The lowest BCUT2D eigenvalue weighted by molar-refractivity contribution is -0.126. The van der Waals surface area contributed by atoms with Gasteiger partial charge in [-0.1, -0.05) is 13.0 Å². The number of sulfonamides is 1. The van der Waals surface area contributed by atoms with E-state index in [9.17, 15) is 26.8 Å². The molecule has 0 radical (unpaired) electrons. The maximum atomic E-state index is 13.9. The van der Waals surface area contributed by atoms with Crippen LogP contribution in [-0.4, -0.2) is 32.8 Å². The molecule has 1 atom stereocenters. The van der Waals surface area contributed by atoms with Crippen LogP contribution in [-0.2, 0) is 26.2 Å². The van der Waals surface area contributed by atoms with Crippen LogP contribution in [0.5, 0.6) is 0 Å². The Bertz CT molecular complexity index is 1230. The second kappa shape index (κ2) is 11.0. The summed E-state index contributed by atoms with van der Waals surface area (Å²) in [5.41, 5.74) is 0.0889. The van der Waals surface area contributed by atoms with Gasteiger partial charge in [0, 0.05) is 5.69 Å². The molecule has 0 saturated carbocycles. The van der Waals surface area contributed by atoms with Crippen LogP contribution >= 0.6 is 0 Å². The molecule has 0 saturated heterocycles. The Morgan fingerprint density at radius 1 is 1.03 bits per heavy atom. The van der Waals surface area contributed by atoms with E-state index in [0.29, 0.717) is 5.76 Å². The average molecular weight is 492 g/mol. The van der Waals surface area contributed by atoms with Gasteiger partial charge in [-0.2, -0.15) is 0 Å². The maximum absolute atomic E-state index is 13.9. The highest BCUT2D eigenvalue weighted by atomic mass is 32.2. The Hall–Kier alpha value is -3.57. The van der Waals surface area contributed by atoms with Crippen molar-refractivity contribution in [3.63, 3.8) is 0 Å². The zero-order valence-corrected chi connectivity index (χ0v) is 19.0. The molecule has 3 aromatic rings. The second-order valence-electron chi connectivity index (χ2n) is 7.24. The summed E-state index contributed by atoms with van der Waals surface area (Å²) in [5.74, 6) is -2.06. The standard InChI is InChI=1S/C23H23F2N3O5S/c1-2-21(23(30)26-14-19-7-4-12-33-19)28(18-6-3-5-17(25)13-18)22(29)15-27-34(31,32)20-10-8-16(24)9-11-20/h3-13,21,27H,2,14-15H2,1H3,(H,26,30). The van der Waals surface area contributed by atoms with Gasteiger partial charge in [-0.25, -0.2) is 21.9 Å². The Morgan fingerprint density at radius 3 is 2.38 bits per heavy atom. The molecule has 0 bridgehead atoms. The summed E-state index contributed by atoms with van der Waals surface area (Å²) in [5, 5.41) is 2.66. The number of carbonyl (C=O) groups is 2. The van der Waals surface area contributed by atoms with Crippen molar-refractivity contribution in [3.8, 4) is 0 Å². The highest BCUT2D eigenvalue weighted by Crippen LogP contribution is 2.21. The van der Waals surface area contributed by atoms with Crippen LogP contribution in [0, 0.1) is 11.6 Å². The monoisotopic (exact) mass is 491 g/mol. The lowest BCUT2D eigenvalue weighted by atomic mass is 10.1. The van der Waals surface area contributed by atoms with E-state index in [1.165, 1.54) is 24.5 Å². The van der Waals surface area contributed by atoms with Gasteiger partial charge in [0.1, 0.15) is 23.4 Å². The largest absolute Gasteiger partial charge is 0.467 e. The van der Waals surface area contributed by atoms with Crippen molar-refractivity contribution < 1.29 is 31.2 Å². The molecule has 2 amide bonds. The van der Waals surface area contributed by atoms with Crippen LogP contribution in [0.25, 0.3) is 0 Å². The van der Waals surface area contributed by atoms with Crippen molar-refractivity contribution in [3.05, 3.63) is 84.3 Å². The van der Waals surface area contributed by atoms with Crippen molar-refractivity contribution in [2.75, 3.05) is 11.4 Å². The van der Waals surface area contributed by atoms with Crippen molar-refractivity contribution in [1.82, 2.24) is 10.0 Å². The summed E-state index contributed by atoms with van der Waals surface area (Å²) in [6.45, 7) is 1.03. The van der Waals surface area contributed by atoms with Crippen LogP contribution in [0.15, 0.2) is 76.2 Å². The lowest BCUT2D eigenvalue weighted by Crippen LogP contribution is -2.52. The van der Waals surface area contributed by atoms with E-state index in [-0.39, 0.29) is 23.5 Å². The number of furan rings is 1. The van der Waals surface area contributed by atoms with Crippen LogP contribution in [0.3, 0.4) is 0 Å². The molecule has 1 unspecified atom stereocenters. The number of rotatable bonds is 10. The van der Waals surface area contributed by atoms with Gasteiger partial charge in [-0.15, -0.1) is 0 Å². The number of anilines is 1. The molecule has 8 nitrogen and oxygen atoms in total. The van der Waals surface area contributed by atoms with E-state index in [2.05, 4.69) is 10.0 Å². The molecular formula is C23H23F2N3O5S. The number of benzene rings is 2. The summed E-state index contributed by atoms with van der Waals surface area (Å²) < 4.78 is 59.4. The van der Waals surface area contributed by atoms with Crippen molar-refractivity contribution in [2.24, 2.45) is 0 Å². The van der Waals surface area contributed by atoms with Crippen LogP contribution < -0.4 is 14.9 Å². The average Bonchev–Trinajstić information content (AvgIpc) is 3.33. The highest BCUT2D eigenvalue weighted by molar-refractivity contribution is 7.89. The fraction of sp³-hybridized carbons (Fsp3) is 0.217. The minimum atomic E-state index is -4.14. The Balaban J connectivity index is 1.82. The van der Waals surface area contributed by atoms with Crippen LogP contribution in [0.4, 0.5) is 14.5 Å². The molecule has 0 aliphatic rings. The molecule has 1 heterocycles. The molecule has 2 N–H and O–H groups in total. The second-order valence-corrected chi connectivity index (χ2v) is 9.01. The van der Waals surface area contributed by atoms with Crippen molar-refractivity contribution in [1.29, 1.82) is 0 Å². The van der Waals surface area contributed by atoms with Crippen LogP contribution in [0.1, 0.15) is 19.1 Å². The first-order chi connectivity index (χ1) is 16.2. The third-order valence-electron chi connectivity index (χ3n) is 4.91. The Morgan fingerprint density at radius 2 is 1.76 bits per heavy atom. The van der Waals surface area contributed by atoms with Gasteiger partial charge >= 0.3 is 0 Å². The number of hydrogen-bond donors (Lipinski definition) is 2. The first-order valence-electron chi connectivity index (χ1n) is 10.3. The Labute approximate surface area is 195 Å². The van der Waals surface area contributed by atoms with Gasteiger partial charge < -0.3 is 9.73 Å². The summed E-state index contributed by atoms with van der Waals surface area (Å²) >= 11 is 0. The van der Waals surface area contributed by atoms with Crippen LogP contribution in [0.2, 0.25) is 0 Å². The molecule has 1 aromatic heterocycles. The molecule has 2 aromatic carbocycles. The molecule has 3 rings (SSSR count). The summed E-state index contributed by atoms with van der Waals surface area (Å²) in [4.78, 5) is 26.9. The van der Waals surface area contributed by atoms with Gasteiger partial charge in [0.05, 0.1) is 24.2 Å². The summed E-state index contributed by atoms with van der Waals surface area (Å²) in [6.07, 6.45) is 1.62. The minimum Gasteiger partial charge on any atom is -0.467 e. The third-order valence-corrected chi connectivity index (χ3v) is 6.33. The summed E-state index contributed by atoms with van der Waals surface area (Å²) in [7, 11) is -4.14. The van der Waals surface area contributed by atoms with Crippen molar-refractivity contribution >= 4 is 27.5 Å². The fourth-order valence-electron chi connectivity index (χ4n) is 3.25. The molecule has 0 aliphatic carbocycles. The molecule has 34 heavy (non-hydrogen) atoms. The normalized spacial score (nSPS) is 12.2. The van der Waals surface area contributed by atoms with E-state index < -0.39 is 46.1 Å². The van der Waals surface area contributed by atoms with E-state index in [0.717, 1.165) is 35.2 Å². The van der Waals surface area contributed by atoms with Gasteiger partial charge in [0.25, 0.3) is 0 Å². The van der Waals surface area contributed by atoms with Gasteiger partial charge in [-0.3, -0.25) is 14.5 Å². The number of amides is 2. The molecule has 11 heteroatoms. The first-order valence-corrected chi connectivity index (χ1v) is 11.8. The number of nitrogens with zero attached hydrogens (tertiary/aromatic N) is 1. The predicted octanol–water partition coefficient (Wildman–Crippen LogP) is 2.96. The number of halogens is 2. The molecule has 0 spiro atoms. The summed E-state index contributed by atoms with van der Waals surface area (Å²) in [6, 6.07) is 11.4. The molecule has 0 aliphatic heterocycles. The quantitative estimate of drug-likeness (QED) is 0.453. The zero-order chi connectivity index (χ0) is 24.7. The highest BCUT2D eigenvalue weighted by Gasteiger charge is 2.31. The van der Waals surface area contributed by atoms with Gasteiger partial charge in [0.15, 0.2) is 0 Å². The lowest BCUT2D eigenvalue weighted by Gasteiger charge is -2.30. The molecule has 180 valence electrons. The number of carbonyl (C=O) groups excluding carboxylic acids is 2. The predicted molar refractivity (Wildman–Crippen MR) is 120 cm³/mol. The fourth-order valence-corrected chi connectivity index (χ4v) is 4.23. The van der Waals surface area contributed by atoms with Crippen molar-refractivity contribution in [2.45, 2.75) is 30.8 Å². The van der Waals surface area contributed by atoms with Gasteiger partial charge in [0.2, 0.25) is 21.8 Å². The van der Waals surface area contributed by atoms with E-state index >= 15 is 0 Å². The maximum Gasteiger partial charge on any atom is 0.243 e. The Kier molecular flexibility index (Phi) is 8.13. The third kappa shape index (κ3) is 6.27. The smallest absolute Gasteiger partial charge is 0.243 e. The van der Waals surface area contributed by atoms with E-state index in [4.69, 9.17) is 4.42 Å². The minimum absolute atomic E-state index is 0.0741. The molecule has 0 fully saturated rings. The van der Waals surface area contributed by atoms with Gasteiger partial charge in [-0.05, 0) is 61.0 Å². The zero-order valence-electron chi connectivity index (χ0n) is 18.2. The SMILES string of the molecule is CCC(C(=O)NCc1ccco1)N(C(=O)CNS(=O)(=O)c1ccc(F)cc1)c1cccc(F)c1. The van der Waals surface area contributed by atoms with E-state index in [1.807, 2.05) is 0 Å². The topological polar surface area (TPSA) is 109 Å². The number of nitrogens with one attached hydrogen (secondary N) is 2. The number of hydrogen-bond acceptors (Lipinski definition) is 5.